The Morgan fingerprint density at radius 3 is 2.21 bits per heavy atom. The third-order valence-electron chi connectivity index (χ3n) is 6.80. The van der Waals surface area contributed by atoms with Crippen molar-refractivity contribution in [1.29, 1.82) is 0 Å². The van der Waals surface area contributed by atoms with Gasteiger partial charge < -0.3 is 14.5 Å². The number of nitrogens with zero attached hydrogens (tertiary/aromatic N) is 3. The maximum absolute atomic E-state index is 6.00. The smallest absolute Gasteiger partial charge is 0.0642 e. The molecule has 0 amide bonds. The van der Waals surface area contributed by atoms with Crippen molar-refractivity contribution < 1.29 is 4.74 Å². The van der Waals surface area contributed by atoms with Crippen molar-refractivity contribution in [1.82, 2.24) is 9.80 Å². The molecule has 28 heavy (non-hydrogen) atoms. The van der Waals surface area contributed by atoms with Gasteiger partial charge in [0.1, 0.15) is 0 Å². The highest BCUT2D eigenvalue weighted by Gasteiger charge is 2.41. The van der Waals surface area contributed by atoms with Gasteiger partial charge >= 0.3 is 0 Å². The van der Waals surface area contributed by atoms with E-state index in [1.165, 1.54) is 16.8 Å². The summed E-state index contributed by atoms with van der Waals surface area (Å²) in [5.74, 6) is 0. The maximum atomic E-state index is 6.00. The van der Waals surface area contributed by atoms with E-state index in [4.69, 9.17) is 4.74 Å². The summed E-state index contributed by atoms with van der Waals surface area (Å²) >= 11 is 0. The molecule has 1 aliphatic rings. The highest BCUT2D eigenvalue weighted by atomic mass is 16.5. The Bertz CT molecular complexity index is 594. The summed E-state index contributed by atoms with van der Waals surface area (Å²) in [5.41, 5.74) is 4.48. The van der Waals surface area contributed by atoms with E-state index >= 15 is 0 Å². The van der Waals surface area contributed by atoms with Crippen molar-refractivity contribution in [3.63, 3.8) is 0 Å². The lowest BCUT2D eigenvalue weighted by atomic mass is 9.81. The van der Waals surface area contributed by atoms with Gasteiger partial charge in [0.25, 0.3) is 0 Å². The standard InChI is InChI=1S/C24H43N3O/c1-8-25(9-2)14-16-28-17-15-27-20(5)24(6,7)22-13-12-21(18-23(22)27)19-26(10-3)11-4/h12-13,18,20H,8-11,14-17,19H2,1-7H3/t20-/m1/s1. The molecule has 1 aromatic rings. The van der Waals surface area contributed by atoms with Crippen LogP contribution >= 0.6 is 0 Å². The second kappa shape index (κ2) is 10.6. The van der Waals surface area contributed by atoms with Crippen molar-refractivity contribution in [3.05, 3.63) is 29.3 Å². The van der Waals surface area contributed by atoms with E-state index in [9.17, 15) is 0 Å². The number of likely N-dealkylation sites (N-methyl/N-ethyl adjacent to an activating group) is 1. The molecule has 0 saturated carbocycles. The number of rotatable bonds is 12. The van der Waals surface area contributed by atoms with Crippen LogP contribution in [0.2, 0.25) is 0 Å². The van der Waals surface area contributed by atoms with Crippen LogP contribution in [0, 0.1) is 0 Å². The molecule has 1 atom stereocenters. The van der Waals surface area contributed by atoms with Crippen molar-refractivity contribution in [2.75, 3.05) is 57.4 Å². The van der Waals surface area contributed by atoms with E-state index in [-0.39, 0.29) is 5.41 Å². The summed E-state index contributed by atoms with van der Waals surface area (Å²) in [6, 6.07) is 7.61. The number of fused-ring (bicyclic) bond motifs is 1. The quantitative estimate of drug-likeness (QED) is 0.494. The molecule has 0 N–H and O–H groups in total. The minimum absolute atomic E-state index is 0.171. The summed E-state index contributed by atoms with van der Waals surface area (Å²) in [5, 5.41) is 0. The van der Waals surface area contributed by atoms with Gasteiger partial charge in [0, 0.05) is 36.8 Å². The van der Waals surface area contributed by atoms with Crippen LogP contribution in [0.4, 0.5) is 5.69 Å². The molecule has 1 aromatic carbocycles. The summed E-state index contributed by atoms with van der Waals surface area (Å²) in [4.78, 5) is 7.46. The number of anilines is 1. The molecule has 0 fully saturated rings. The molecule has 160 valence electrons. The van der Waals surface area contributed by atoms with E-state index in [0.29, 0.717) is 6.04 Å². The van der Waals surface area contributed by atoms with Crippen LogP contribution < -0.4 is 4.90 Å². The fourth-order valence-corrected chi connectivity index (χ4v) is 4.30. The summed E-state index contributed by atoms with van der Waals surface area (Å²) in [6.45, 7) is 25.0. The Hall–Kier alpha value is -1.10. The molecular formula is C24H43N3O. The largest absolute Gasteiger partial charge is 0.378 e. The van der Waals surface area contributed by atoms with Crippen molar-refractivity contribution in [2.24, 2.45) is 0 Å². The molecule has 0 aromatic heterocycles. The van der Waals surface area contributed by atoms with Crippen molar-refractivity contribution in [2.45, 2.75) is 66.5 Å². The van der Waals surface area contributed by atoms with Crippen molar-refractivity contribution in [3.8, 4) is 0 Å². The summed E-state index contributed by atoms with van der Waals surface area (Å²) in [7, 11) is 0. The predicted molar refractivity (Wildman–Crippen MR) is 122 cm³/mol. The molecule has 0 saturated heterocycles. The molecule has 0 bridgehead atoms. The van der Waals surface area contributed by atoms with E-state index < -0.39 is 0 Å². The van der Waals surface area contributed by atoms with Gasteiger partial charge in [-0.05, 0) is 50.3 Å². The van der Waals surface area contributed by atoms with Crippen molar-refractivity contribution >= 4 is 5.69 Å². The highest BCUT2D eigenvalue weighted by Crippen LogP contribution is 2.45. The average molecular weight is 390 g/mol. The lowest BCUT2D eigenvalue weighted by Crippen LogP contribution is -2.40. The molecule has 1 heterocycles. The first-order valence-electron chi connectivity index (χ1n) is 11.3. The van der Waals surface area contributed by atoms with Gasteiger partial charge in [0.15, 0.2) is 0 Å². The molecule has 0 unspecified atom stereocenters. The van der Waals surface area contributed by atoms with E-state index in [2.05, 4.69) is 81.4 Å². The molecule has 1 aliphatic heterocycles. The lowest BCUT2D eigenvalue weighted by Gasteiger charge is -2.31. The van der Waals surface area contributed by atoms with E-state index in [0.717, 1.165) is 59.0 Å². The van der Waals surface area contributed by atoms with Crippen LogP contribution in [0.3, 0.4) is 0 Å². The molecular weight excluding hydrogens is 346 g/mol. The topological polar surface area (TPSA) is 19.0 Å². The van der Waals surface area contributed by atoms with Gasteiger partial charge in [-0.1, -0.05) is 53.7 Å². The maximum Gasteiger partial charge on any atom is 0.0642 e. The van der Waals surface area contributed by atoms with Gasteiger partial charge in [0.05, 0.1) is 13.2 Å². The van der Waals surface area contributed by atoms with Crippen LogP contribution in [0.1, 0.15) is 59.6 Å². The summed E-state index contributed by atoms with van der Waals surface area (Å²) < 4.78 is 6.00. The SMILES string of the molecule is CCN(CC)CCOCCN1c2cc(CN(CC)CC)ccc2C(C)(C)[C@H]1C. The second-order valence-electron chi connectivity index (χ2n) is 8.54. The average Bonchev–Trinajstić information content (AvgIpc) is 2.88. The van der Waals surface area contributed by atoms with Gasteiger partial charge in [-0.25, -0.2) is 0 Å². The van der Waals surface area contributed by atoms with Crippen LogP contribution in [0.5, 0.6) is 0 Å². The fourth-order valence-electron chi connectivity index (χ4n) is 4.30. The Morgan fingerprint density at radius 2 is 1.61 bits per heavy atom. The predicted octanol–water partition coefficient (Wildman–Crippen LogP) is 4.37. The van der Waals surface area contributed by atoms with Crippen LogP contribution in [-0.4, -0.2) is 68.3 Å². The number of ether oxygens (including phenoxy) is 1. The Labute approximate surface area is 173 Å². The first-order valence-corrected chi connectivity index (χ1v) is 11.3. The molecule has 0 spiro atoms. The molecule has 0 radical (unpaired) electrons. The minimum Gasteiger partial charge on any atom is -0.378 e. The number of benzene rings is 1. The zero-order valence-corrected chi connectivity index (χ0v) is 19.4. The monoisotopic (exact) mass is 389 g/mol. The Balaban J connectivity index is 2.03. The zero-order chi connectivity index (χ0) is 20.7. The van der Waals surface area contributed by atoms with Crippen LogP contribution in [0.25, 0.3) is 0 Å². The molecule has 4 heteroatoms. The second-order valence-corrected chi connectivity index (χ2v) is 8.54. The highest BCUT2D eigenvalue weighted by molar-refractivity contribution is 5.65. The first kappa shape index (κ1) is 23.2. The minimum atomic E-state index is 0.171. The van der Waals surface area contributed by atoms with E-state index in [1.807, 2.05) is 0 Å². The van der Waals surface area contributed by atoms with Crippen LogP contribution in [0.15, 0.2) is 18.2 Å². The number of hydrogen-bond donors (Lipinski definition) is 0. The van der Waals surface area contributed by atoms with Gasteiger partial charge in [0.2, 0.25) is 0 Å². The Morgan fingerprint density at radius 1 is 0.964 bits per heavy atom. The van der Waals surface area contributed by atoms with Gasteiger partial charge in [-0.3, -0.25) is 4.90 Å². The Kier molecular flexibility index (Phi) is 8.79. The third-order valence-corrected chi connectivity index (χ3v) is 6.80. The van der Waals surface area contributed by atoms with Crippen LogP contribution in [-0.2, 0) is 16.7 Å². The van der Waals surface area contributed by atoms with Gasteiger partial charge in [-0.2, -0.15) is 0 Å². The lowest BCUT2D eigenvalue weighted by molar-refractivity contribution is 0.110. The molecule has 2 rings (SSSR count). The fraction of sp³-hybridized carbons (Fsp3) is 0.750. The van der Waals surface area contributed by atoms with E-state index in [1.54, 1.807) is 0 Å². The third kappa shape index (κ3) is 5.28. The molecule has 0 aliphatic carbocycles. The zero-order valence-electron chi connectivity index (χ0n) is 19.4. The number of hydrogen-bond acceptors (Lipinski definition) is 4. The normalized spacial score (nSPS) is 18.3. The van der Waals surface area contributed by atoms with Gasteiger partial charge in [-0.15, -0.1) is 0 Å². The summed E-state index contributed by atoms with van der Waals surface area (Å²) in [6.07, 6.45) is 0. The molecule has 4 nitrogen and oxygen atoms in total. The first-order chi connectivity index (χ1) is 13.4.